The summed E-state index contributed by atoms with van der Waals surface area (Å²) < 4.78 is 17.2. The number of alkyl halides is 1. The van der Waals surface area contributed by atoms with Crippen molar-refractivity contribution in [3.63, 3.8) is 0 Å². The van der Waals surface area contributed by atoms with Gasteiger partial charge in [0.15, 0.2) is 11.2 Å². The van der Waals surface area contributed by atoms with Crippen molar-refractivity contribution in [2.24, 2.45) is 14.1 Å². The molecule has 9 nitrogen and oxygen atoms in total. The Hall–Kier alpha value is -2.49. The van der Waals surface area contributed by atoms with E-state index in [2.05, 4.69) is 4.98 Å². The lowest BCUT2D eigenvalue weighted by Gasteiger charge is -2.22. The average Bonchev–Trinajstić information content (AvgIpc) is 3.19. The summed E-state index contributed by atoms with van der Waals surface area (Å²) >= 11 is 0. The molecule has 1 amide bonds. The number of carbonyl (C=O) groups is 1. The number of aliphatic hydroxyl groups excluding tert-OH is 1. The van der Waals surface area contributed by atoms with Crippen LogP contribution in [0.2, 0.25) is 0 Å². The summed E-state index contributed by atoms with van der Waals surface area (Å²) in [4.78, 5) is 42.0. The van der Waals surface area contributed by atoms with Crippen LogP contribution in [0.1, 0.15) is 12.8 Å². The van der Waals surface area contributed by atoms with Gasteiger partial charge in [-0.2, -0.15) is 0 Å². The molecule has 1 aliphatic heterocycles. The fraction of sp³-hybridized carbons (Fsp3) is 0.600. The lowest BCUT2D eigenvalue weighted by molar-refractivity contribution is -0.133. The molecule has 3 rings (SSSR count). The van der Waals surface area contributed by atoms with E-state index in [0.717, 1.165) is 4.57 Å². The Bertz CT molecular complexity index is 930. The lowest BCUT2D eigenvalue weighted by Crippen LogP contribution is -2.39. The molecule has 1 N–H and O–H groups in total. The molecule has 0 radical (unpaired) electrons. The highest BCUT2D eigenvalue weighted by atomic mass is 19.1. The van der Waals surface area contributed by atoms with Gasteiger partial charge in [-0.3, -0.25) is 18.7 Å². The van der Waals surface area contributed by atoms with Gasteiger partial charge in [-0.15, -0.1) is 0 Å². The fourth-order valence-electron chi connectivity index (χ4n) is 3.26. The number of aryl methyl sites for hydroxylation is 2. The van der Waals surface area contributed by atoms with Gasteiger partial charge in [0.05, 0.1) is 25.5 Å². The van der Waals surface area contributed by atoms with Crippen LogP contribution >= 0.6 is 0 Å². The first-order chi connectivity index (χ1) is 11.8. The maximum atomic E-state index is 13.5. The molecule has 2 aromatic rings. The summed E-state index contributed by atoms with van der Waals surface area (Å²) in [6.07, 6.45) is 0.459. The van der Waals surface area contributed by atoms with E-state index in [-0.39, 0.29) is 49.6 Å². The highest BCUT2D eigenvalue weighted by Crippen LogP contribution is 2.21. The van der Waals surface area contributed by atoms with Gasteiger partial charge in [0.25, 0.3) is 5.56 Å². The predicted molar refractivity (Wildman–Crippen MR) is 86.9 cm³/mol. The quantitative estimate of drug-likeness (QED) is 0.740. The molecule has 1 fully saturated rings. The Morgan fingerprint density at radius 2 is 2.08 bits per heavy atom. The van der Waals surface area contributed by atoms with E-state index in [9.17, 15) is 23.9 Å². The number of fused-ring (bicyclic) bond motifs is 1. The number of nitrogens with zero attached hydrogens (tertiary/aromatic N) is 5. The smallest absolute Gasteiger partial charge is 0.332 e. The van der Waals surface area contributed by atoms with Crippen molar-refractivity contribution < 1.29 is 14.3 Å². The number of likely N-dealkylation sites (tertiary alicyclic amines) is 1. The zero-order valence-electron chi connectivity index (χ0n) is 14.1. The summed E-state index contributed by atoms with van der Waals surface area (Å²) in [5, 5.41) is 9.27. The van der Waals surface area contributed by atoms with Crippen LogP contribution in [0.5, 0.6) is 0 Å². The molecule has 1 aliphatic rings. The summed E-state index contributed by atoms with van der Waals surface area (Å²) in [7, 11) is 2.90. The third kappa shape index (κ3) is 2.86. The lowest BCUT2D eigenvalue weighted by atomic mass is 10.2. The van der Waals surface area contributed by atoms with Crippen molar-refractivity contribution in [1.29, 1.82) is 0 Å². The number of carbonyl (C=O) groups excluding carboxylic acids is 1. The minimum atomic E-state index is -1.13. The Kier molecular flexibility index (Phi) is 4.46. The van der Waals surface area contributed by atoms with Gasteiger partial charge in [0.2, 0.25) is 5.91 Å². The fourth-order valence-corrected chi connectivity index (χ4v) is 3.26. The monoisotopic (exact) mass is 353 g/mol. The molecule has 0 unspecified atom stereocenters. The number of rotatable bonds is 4. The Labute approximate surface area is 141 Å². The van der Waals surface area contributed by atoms with Gasteiger partial charge in [0, 0.05) is 33.5 Å². The predicted octanol–water partition coefficient (Wildman–Crippen LogP) is -1.24. The van der Waals surface area contributed by atoms with Crippen molar-refractivity contribution >= 4 is 17.1 Å². The van der Waals surface area contributed by atoms with Crippen LogP contribution in [0, 0.1) is 0 Å². The van der Waals surface area contributed by atoms with Crippen LogP contribution in [-0.2, 0) is 25.4 Å². The molecule has 2 atom stereocenters. The van der Waals surface area contributed by atoms with Crippen LogP contribution in [0.3, 0.4) is 0 Å². The molecule has 0 bridgehead atoms. The van der Waals surface area contributed by atoms with Crippen LogP contribution in [-0.4, -0.2) is 60.0 Å². The maximum Gasteiger partial charge on any atom is 0.332 e. The van der Waals surface area contributed by atoms with Crippen molar-refractivity contribution in [1.82, 2.24) is 23.6 Å². The van der Waals surface area contributed by atoms with Crippen molar-refractivity contribution in [2.45, 2.75) is 31.6 Å². The van der Waals surface area contributed by atoms with E-state index in [1.54, 1.807) is 0 Å². The summed E-state index contributed by atoms with van der Waals surface area (Å²) in [6, 6.07) is -0.504. The van der Waals surface area contributed by atoms with Gasteiger partial charge >= 0.3 is 5.69 Å². The van der Waals surface area contributed by atoms with Gasteiger partial charge in [0.1, 0.15) is 6.17 Å². The van der Waals surface area contributed by atoms with Gasteiger partial charge in [-0.05, 0) is 0 Å². The second-order valence-electron chi connectivity index (χ2n) is 6.28. The standard InChI is InChI=1S/C15H20FN5O4/c1-18-13-12(14(24)19(2)15(18)25)20(8-17-13)4-3-11(23)21-6-9(16)5-10(21)7-22/h8-10,22H,3-7H2,1-2H3/t9-,10-/m0/s1. The molecule has 25 heavy (non-hydrogen) atoms. The van der Waals surface area contributed by atoms with E-state index >= 15 is 0 Å². The first-order valence-electron chi connectivity index (χ1n) is 8.00. The number of amides is 1. The zero-order valence-corrected chi connectivity index (χ0v) is 14.1. The average molecular weight is 353 g/mol. The number of hydrogen-bond acceptors (Lipinski definition) is 5. The van der Waals surface area contributed by atoms with Crippen LogP contribution in [0.15, 0.2) is 15.9 Å². The molecular formula is C15H20FN5O4. The second-order valence-corrected chi connectivity index (χ2v) is 6.28. The van der Waals surface area contributed by atoms with Crippen LogP contribution < -0.4 is 11.2 Å². The van der Waals surface area contributed by atoms with Gasteiger partial charge < -0.3 is 14.6 Å². The first-order valence-corrected chi connectivity index (χ1v) is 8.00. The summed E-state index contributed by atoms with van der Waals surface area (Å²) in [5.41, 5.74) is -0.475. The SMILES string of the molecule is Cn1c(=O)c2c(ncn2CCC(=O)N2C[C@@H](F)C[C@H]2CO)n(C)c1=O. The molecular weight excluding hydrogens is 333 g/mol. The zero-order chi connectivity index (χ0) is 18.3. The number of imidazole rings is 1. The highest BCUT2D eigenvalue weighted by Gasteiger charge is 2.34. The molecule has 3 heterocycles. The minimum Gasteiger partial charge on any atom is -0.394 e. The molecule has 0 saturated carbocycles. The number of halogens is 1. The molecule has 10 heteroatoms. The van der Waals surface area contributed by atoms with Gasteiger partial charge in [-0.1, -0.05) is 0 Å². The number of aromatic nitrogens is 4. The molecule has 0 aromatic carbocycles. The molecule has 0 aliphatic carbocycles. The second kappa shape index (κ2) is 6.43. The molecule has 0 spiro atoms. The Balaban J connectivity index is 1.84. The van der Waals surface area contributed by atoms with Crippen LogP contribution in [0.25, 0.3) is 11.2 Å². The number of hydrogen-bond donors (Lipinski definition) is 1. The molecule has 2 aromatic heterocycles. The van der Waals surface area contributed by atoms with E-state index < -0.39 is 23.5 Å². The summed E-state index contributed by atoms with van der Waals surface area (Å²) in [6.45, 7) is -0.123. The van der Waals surface area contributed by atoms with Gasteiger partial charge in [-0.25, -0.2) is 14.2 Å². The maximum absolute atomic E-state index is 13.5. The largest absolute Gasteiger partial charge is 0.394 e. The first kappa shape index (κ1) is 17.3. The van der Waals surface area contributed by atoms with Crippen LogP contribution in [0.4, 0.5) is 4.39 Å². The van der Waals surface area contributed by atoms with E-state index in [0.29, 0.717) is 0 Å². The highest BCUT2D eigenvalue weighted by molar-refractivity contribution is 5.77. The number of aliphatic hydroxyl groups is 1. The van der Waals surface area contributed by atoms with Crippen molar-refractivity contribution in [2.75, 3.05) is 13.2 Å². The van der Waals surface area contributed by atoms with Crippen molar-refractivity contribution in [3.8, 4) is 0 Å². The molecule has 136 valence electrons. The Morgan fingerprint density at radius 3 is 2.76 bits per heavy atom. The third-order valence-electron chi connectivity index (χ3n) is 4.68. The molecule has 1 saturated heterocycles. The minimum absolute atomic E-state index is 0.0228. The van der Waals surface area contributed by atoms with E-state index in [1.165, 1.54) is 34.5 Å². The van der Waals surface area contributed by atoms with E-state index in [1.807, 2.05) is 0 Å². The normalized spacial score (nSPS) is 20.6. The topological polar surface area (TPSA) is 102 Å². The van der Waals surface area contributed by atoms with E-state index in [4.69, 9.17) is 0 Å². The third-order valence-corrected chi connectivity index (χ3v) is 4.68. The summed E-state index contributed by atoms with van der Waals surface area (Å²) in [5.74, 6) is -0.289. The van der Waals surface area contributed by atoms with Crippen molar-refractivity contribution in [3.05, 3.63) is 27.2 Å². The Morgan fingerprint density at radius 1 is 1.36 bits per heavy atom.